The Morgan fingerprint density at radius 3 is 2.50 bits per heavy atom. The molecule has 0 atom stereocenters. The zero-order valence-corrected chi connectivity index (χ0v) is 14.3. The van der Waals surface area contributed by atoms with Crippen molar-refractivity contribution < 1.29 is 9.47 Å². The number of piperidine rings is 1. The lowest BCUT2D eigenvalue weighted by Crippen LogP contribution is -2.41. The van der Waals surface area contributed by atoms with Crippen molar-refractivity contribution in [2.75, 3.05) is 45.3 Å². The second-order valence-electron chi connectivity index (χ2n) is 6.87. The summed E-state index contributed by atoms with van der Waals surface area (Å²) in [6, 6.07) is 3.91. The van der Waals surface area contributed by atoms with E-state index in [0.717, 1.165) is 42.0 Å². The van der Waals surface area contributed by atoms with Crippen molar-refractivity contribution in [3.8, 4) is 11.5 Å². The molecule has 2 aliphatic rings. The fraction of sp³-hybridized carbons (Fsp3) is 0.556. The molecule has 0 radical (unpaired) electrons. The van der Waals surface area contributed by atoms with Gasteiger partial charge >= 0.3 is 0 Å². The Bertz CT molecular complexity index is 733. The largest absolute Gasteiger partial charge is 0.493 e. The van der Waals surface area contributed by atoms with E-state index in [0.29, 0.717) is 11.2 Å². The number of hydrogen-bond acceptors (Lipinski definition) is 6. The van der Waals surface area contributed by atoms with Crippen molar-refractivity contribution in [3.63, 3.8) is 0 Å². The summed E-state index contributed by atoms with van der Waals surface area (Å²) in [6.07, 6.45) is 5.65. The number of nitrogens with one attached hydrogen (secondary N) is 1. The fourth-order valence-corrected chi connectivity index (χ4v) is 4.07. The standard InChI is InChI=1S/C18H24N4O2/c1-23-16-9-13-14(10-17(16)24-2)21-20-11-15(13)22-7-4-18(5-8-22)3-6-19-12-18/h9-11,19H,3-8,12H2,1-2H3. The maximum Gasteiger partial charge on any atom is 0.162 e. The molecule has 3 heterocycles. The minimum atomic E-state index is 0.508. The molecule has 128 valence electrons. The van der Waals surface area contributed by atoms with Crippen LogP contribution in [0.2, 0.25) is 0 Å². The lowest BCUT2D eigenvalue weighted by molar-refractivity contribution is 0.247. The molecule has 2 aromatic rings. The van der Waals surface area contributed by atoms with Crippen LogP contribution in [-0.4, -0.2) is 50.6 Å². The van der Waals surface area contributed by atoms with Crippen LogP contribution in [0.1, 0.15) is 19.3 Å². The number of benzene rings is 1. The fourth-order valence-electron chi connectivity index (χ4n) is 4.07. The maximum absolute atomic E-state index is 5.46. The van der Waals surface area contributed by atoms with Gasteiger partial charge in [0.05, 0.1) is 31.6 Å². The van der Waals surface area contributed by atoms with E-state index in [1.165, 1.54) is 25.8 Å². The van der Waals surface area contributed by atoms with Gasteiger partial charge in [0.2, 0.25) is 0 Å². The zero-order chi connectivity index (χ0) is 16.6. The van der Waals surface area contributed by atoms with Crippen LogP contribution in [0.3, 0.4) is 0 Å². The van der Waals surface area contributed by atoms with E-state index in [-0.39, 0.29) is 0 Å². The van der Waals surface area contributed by atoms with Crippen LogP contribution < -0.4 is 19.7 Å². The Morgan fingerprint density at radius 2 is 1.83 bits per heavy atom. The third-order valence-electron chi connectivity index (χ3n) is 5.62. The van der Waals surface area contributed by atoms with E-state index in [2.05, 4.69) is 20.4 Å². The molecule has 6 heteroatoms. The number of rotatable bonds is 3. The van der Waals surface area contributed by atoms with E-state index >= 15 is 0 Å². The summed E-state index contributed by atoms with van der Waals surface area (Å²) in [7, 11) is 3.30. The van der Waals surface area contributed by atoms with E-state index in [1.807, 2.05) is 18.3 Å². The van der Waals surface area contributed by atoms with Crippen LogP contribution in [0, 0.1) is 5.41 Å². The first-order valence-corrected chi connectivity index (χ1v) is 8.58. The number of anilines is 1. The lowest BCUT2D eigenvalue weighted by Gasteiger charge is -2.40. The Hall–Kier alpha value is -2.08. The number of methoxy groups -OCH3 is 2. The van der Waals surface area contributed by atoms with E-state index in [9.17, 15) is 0 Å². The number of nitrogens with zero attached hydrogens (tertiary/aromatic N) is 3. The highest BCUT2D eigenvalue weighted by Crippen LogP contribution is 2.40. The number of ether oxygens (including phenoxy) is 2. The Labute approximate surface area is 142 Å². The quantitative estimate of drug-likeness (QED) is 0.932. The summed E-state index contributed by atoms with van der Waals surface area (Å²) < 4.78 is 10.8. The summed E-state index contributed by atoms with van der Waals surface area (Å²) in [5.74, 6) is 1.42. The lowest BCUT2D eigenvalue weighted by atomic mass is 9.77. The van der Waals surface area contributed by atoms with Gasteiger partial charge in [-0.1, -0.05) is 0 Å². The van der Waals surface area contributed by atoms with Gasteiger partial charge < -0.3 is 19.7 Å². The minimum absolute atomic E-state index is 0.508. The summed E-state index contributed by atoms with van der Waals surface area (Å²) in [4.78, 5) is 2.44. The Morgan fingerprint density at radius 1 is 1.08 bits per heavy atom. The molecule has 6 nitrogen and oxygen atoms in total. The molecule has 1 aromatic heterocycles. The Balaban J connectivity index is 1.67. The van der Waals surface area contributed by atoms with Crippen LogP contribution in [0.4, 0.5) is 5.69 Å². The number of fused-ring (bicyclic) bond motifs is 1. The van der Waals surface area contributed by atoms with Gasteiger partial charge in [-0.2, -0.15) is 10.2 Å². The van der Waals surface area contributed by atoms with Gasteiger partial charge in [0, 0.05) is 31.1 Å². The van der Waals surface area contributed by atoms with Crippen LogP contribution in [0.25, 0.3) is 10.9 Å². The molecule has 0 aliphatic carbocycles. The molecule has 1 aromatic carbocycles. The van der Waals surface area contributed by atoms with Crippen molar-refractivity contribution >= 4 is 16.6 Å². The molecule has 24 heavy (non-hydrogen) atoms. The molecule has 2 fully saturated rings. The molecule has 0 saturated carbocycles. The van der Waals surface area contributed by atoms with Crippen LogP contribution in [-0.2, 0) is 0 Å². The molecule has 0 unspecified atom stereocenters. The van der Waals surface area contributed by atoms with Gasteiger partial charge in [0.15, 0.2) is 11.5 Å². The zero-order valence-electron chi connectivity index (χ0n) is 14.3. The smallest absolute Gasteiger partial charge is 0.162 e. The normalized spacial score (nSPS) is 19.8. The maximum atomic E-state index is 5.46. The third-order valence-corrected chi connectivity index (χ3v) is 5.62. The molecule has 0 bridgehead atoms. The highest BCUT2D eigenvalue weighted by molar-refractivity contribution is 5.93. The molecule has 0 amide bonds. The first-order chi connectivity index (χ1) is 11.7. The van der Waals surface area contributed by atoms with E-state index in [4.69, 9.17) is 9.47 Å². The van der Waals surface area contributed by atoms with Crippen LogP contribution in [0.15, 0.2) is 18.3 Å². The van der Waals surface area contributed by atoms with Gasteiger partial charge in [0.1, 0.15) is 0 Å². The third kappa shape index (κ3) is 2.55. The molecule has 1 N–H and O–H groups in total. The van der Waals surface area contributed by atoms with Crippen molar-refractivity contribution in [1.29, 1.82) is 0 Å². The molecular formula is C18H24N4O2. The van der Waals surface area contributed by atoms with Gasteiger partial charge in [-0.05, 0) is 37.3 Å². The topological polar surface area (TPSA) is 59.5 Å². The number of aromatic nitrogens is 2. The van der Waals surface area contributed by atoms with Crippen molar-refractivity contribution in [3.05, 3.63) is 18.3 Å². The highest BCUT2D eigenvalue weighted by atomic mass is 16.5. The summed E-state index contributed by atoms with van der Waals surface area (Å²) in [5, 5.41) is 13.1. The molecule has 2 aliphatic heterocycles. The average molecular weight is 328 g/mol. The van der Waals surface area contributed by atoms with Gasteiger partial charge in [0.25, 0.3) is 0 Å². The predicted octanol–water partition coefficient (Wildman–Crippen LogP) is 2.23. The van der Waals surface area contributed by atoms with Gasteiger partial charge in [-0.25, -0.2) is 0 Å². The molecule has 4 rings (SSSR count). The van der Waals surface area contributed by atoms with Crippen molar-refractivity contribution in [2.24, 2.45) is 5.41 Å². The number of hydrogen-bond donors (Lipinski definition) is 1. The first-order valence-electron chi connectivity index (χ1n) is 8.58. The summed E-state index contributed by atoms with van der Waals surface area (Å²) in [6.45, 7) is 4.46. The van der Waals surface area contributed by atoms with E-state index in [1.54, 1.807) is 14.2 Å². The second-order valence-corrected chi connectivity index (χ2v) is 6.87. The van der Waals surface area contributed by atoms with Crippen molar-refractivity contribution in [1.82, 2.24) is 15.5 Å². The van der Waals surface area contributed by atoms with Crippen LogP contribution >= 0.6 is 0 Å². The minimum Gasteiger partial charge on any atom is -0.493 e. The summed E-state index contributed by atoms with van der Waals surface area (Å²) in [5.41, 5.74) is 2.49. The average Bonchev–Trinajstić information content (AvgIpc) is 3.08. The van der Waals surface area contributed by atoms with Gasteiger partial charge in [-0.3, -0.25) is 0 Å². The molecular weight excluding hydrogens is 304 g/mol. The van der Waals surface area contributed by atoms with E-state index < -0.39 is 0 Å². The van der Waals surface area contributed by atoms with Crippen LogP contribution in [0.5, 0.6) is 11.5 Å². The monoisotopic (exact) mass is 328 g/mol. The SMILES string of the molecule is COc1cc2nncc(N3CCC4(CCNC4)CC3)c2cc1OC. The molecule has 1 spiro atoms. The first kappa shape index (κ1) is 15.4. The summed E-state index contributed by atoms with van der Waals surface area (Å²) >= 11 is 0. The molecule has 2 saturated heterocycles. The van der Waals surface area contributed by atoms with Gasteiger partial charge in [-0.15, -0.1) is 0 Å². The predicted molar refractivity (Wildman–Crippen MR) is 94.0 cm³/mol. The Kier molecular flexibility index (Phi) is 3.92. The second kappa shape index (κ2) is 6.09. The van der Waals surface area contributed by atoms with Crippen molar-refractivity contribution in [2.45, 2.75) is 19.3 Å². The highest BCUT2D eigenvalue weighted by Gasteiger charge is 2.37.